The van der Waals surface area contributed by atoms with Gasteiger partial charge in [0.2, 0.25) is 0 Å². The fourth-order valence-electron chi connectivity index (χ4n) is 8.21. The maximum atomic E-state index is 10.2. The standard InChI is InChI=1S/C28H46O/c1-18(2)19(3)7-8-20(4)24-11-12-25-23-10-9-21-17-22(29)13-15-27(21,5)26(23)14-16-28(24,25)6/h7-10,18-26,29H,11-17H2,1-6H3/b8-7+/t19-,20+,21+,22-,23-,24+,25-,26-,27-,28+/m0/s1. The van der Waals surface area contributed by atoms with Crippen molar-refractivity contribution in [1.29, 1.82) is 0 Å². The Bertz CT molecular complexity index is 647. The highest BCUT2D eigenvalue weighted by molar-refractivity contribution is 5.18. The van der Waals surface area contributed by atoms with E-state index in [4.69, 9.17) is 0 Å². The number of fused-ring (bicyclic) bond motifs is 5. The zero-order valence-electron chi connectivity index (χ0n) is 19.9. The van der Waals surface area contributed by atoms with Gasteiger partial charge in [-0.25, -0.2) is 0 Å². The van der Waals surface area contributed by atoms with Crippen LogP contribution in [0.15, 0.2) is 24.3 Å². The van der Waals surface area contributed by atoms with Gasteiger partial charge in [-0.1, -0.05) is 65.8 Å². The predicted molar refractivity (Wildman–Crippen MR) is 123 cm³/mol. The first kappa shape index (κ1) is 21.7. The van der Waals surface area contributed by atoms with Gasteiger partial charge in [-0.2, -0.15) is 0 Å². The first-order valence-electron chi connectivity index (χ1n) is 12.7. The molecular formula is C28H46O. The van der Waals surface area contributed by atoms with Crippen molar-refractivity contribution in [2.24, 2.45) is 58.2 Å². The second-order valence-corrected chi connectivity index (χ2v) is 12.3. The van der Waals surface area contributed by atoms with Crippen molar-refractivity contribution in [3.8, 4) is 0 Å². The Hall–Kier alpha value is -0.560. The van der Waals surface area contributed by atoms with Crippen LogP contribution in [0.2, 0.25) is 0 Å². The van der Waals surface area contributed by atoms with Crippen molar-refractivity contribution in [2.75, 3.05) is 0 Å². The van der Waals surface area contributed by atoms with E-state index < -0.39 is 0 Å². The molecule has 0 spiro atoms. The molecule has 164 valence electrons. The Kier molecular flexibility index (Phi) is 5.86. The molecule has 3 fully saturated rings. The summed E-state index contributed by atoms with van der Waals surface area (Å²) in [5, 5.41) is 10.2. The second kappa shape index (κ2) is 7.85. The highest BCUT2D eigenvalue weighted by atomic mass is 16.3. The van der Waals surface area contributed by atoms with Gasteiger partial charge in [-0.3, -0.25) is 0 Å². The highest BCUT2D eigenvalue weighted by Crippen LogP contribution is 2.66. The zero-order valence-corrected chi connectivity index (χ0v) is 19.9. The van der Waals surface area contributed by atoms with Gasteiger partial charge in [0.05, 0.1) is 6.10 Å². The fraction of sp³-hybridized carbons (Fsp3) is 0.857. The van der Waals surface area contributed by atoms with Crippen LogP contribution in [0.3, 0.4) is 0 Å². The van der Waals surface area contributed by atoms with E-state index in [1.165, 1.54) is 32.1 Å². The normalized spacial score (nSPS) is 49.0. The lowest BCUT2D eigenvalue weighted by molar-refractivity contribution is -0.0795. The predicted octanol–water partition coefficient (Wildman–Crippen LogP) is 7.27. The SMILES string of the molecule is CC(C)[C@@H](C)/C=C/[C@@H](C)[C@H]1CC[C@H]2[C@@H]3C=C[C@@H]4C[C@@H](O)CC[C@]4(C)[C@H]3CC[C@]12C. The minimum atomic E-state index is -0.0696. The molecule has 0 saturated heterocycles. The van der Waals surface area contributed by atoms with Gasteiger partial charge in [-0.15, -0.1) is 0 Å². The Morgan fingerprint density at radius 1 is 0.862 bits per heavy atom. The summed E-state index contributed by atoms with van der Waals surface area (Å²) in [4.78, 5) is 0. The maximum absolute atomic E-state index is 10.2. The van der Waals surface area contributed by atoms with Crippen LogP contribution in [-0.2, 0) is 0 Å². The number of hydrogen-bond donors (Lipinski definition) is 1. The van der Waals surface area contributed by atoms with Crippen LogP contribution in [0.1, 0.15) is 86.5 Å². The molecule has 10 atom stereocenters. The third kappa shape index (κ3) is 3.58. The topological polar surface area (TPSA) is 20.2 Å². The summed E-state index contributed by atoms with van der Waals surface area (Å²) in [5.74, 6) is 6.04. The summed E-state index contributed by atoms with van der Waals surface area (Å²) in [6, 6.07) is 0. The van der Waals surface area contributed by atoms with E-state index in [1.54, 1.807) is 0 Å². The molecule has 0 aromatic rings. The molecule has 29 heavy (non-hydrogen) atoms. The maximum Gasteiger partial charge on any atom is 0.0546 e. The lowest BCUT2D eigenvalue weighted by Crippen LogP contribution is -2.52. The van der Waals surface area contributed by atoms with E-state index in [9.17, 15) is 5.11 Å². The van der Waals surface area contributed by atoms with Crippen LogP contribution in [0.4, 0.5) is 0 Å². The summed E-state index contributed by atoms with van der Waals surface area (Å²) in [5.41, 5.74) is 0.935. The van der Waals surface area contributed by atoms with Crippen LogP contribution in [0.25, 0.3) is 0 Å². The van der Waals surface area contributed by atoms with Gasteiger partial charge in [0, 0.05) is 0 Å². The molecule has 0 heterocycles. The minimum Gasteiger partial charge on any atom is -0.393 e. The lowest BCUT2D eigenvalue weighted by Gasteiger charge is -2.59. The monoisotopic (exact) mass is 398 g/mol. The van der Waals surface area contributed by atoms with Crippen LogP contribution >= 0.6 is 0 Å². The van der Waals surface area contributed by atoms with E-state index in [0.717, 1.165) is 42.4 Å². The molecule has 0 aromatic carbocycles. The summed E-state index contributed by atoms with van der Waals surface area (Å²) < 4.78 is 0. The summed E-state index contributed by atoms with van der Waals surface area (Å²) in [7, 11) is 0. The van der Waals surface area contributed by atoms with E-state index in [1.807, 2.05) is 0 Å². The molecule has 1 N–H and O–H groups in total. The molecule has 0 unspecified atom stereocenters. The van der Waals surface area contributed by atoms with Crippen LogP contribution in [-0.4, -0.2) is 11.2 Å². The number of aliphatic hydroxyl groups excluding tert-OH is 1. The van der Waals surface area contributed by atoms with E-state index in [2.05, 4.69) is 65.8 Å². The van der Waals surface area contributed by atoms with Crippen molar-refractivity contribution in [3.63, 3.8) is 0 Å². The Balaban J connectivity index is 1.53. The first-order valence-corrected chi connectivity index (χ1v) is 12.7. The van der Waals surface area contributed by atoms with E-state index >= 15 is 0 Å². The average Bonchev–Trinajstić information content (AvgIpc) is 3.03. The molecule has 0 amide bonds. The van der Waals surface area contributed by atoms with Crippen molar-refractivity contribution in [1.82, 2.24) is 0 Å². The van der Waals surface area contributed by atoms with E-state index in [-0.39, 0.29) is 6.10 Å². The smallest absolute Gasteiger partial charge is 0.0546 e. The van der Waals surface area contributed by atoms with Gasteiger partial charge >= 0.3 is 0 Å². The molecule has 0 aliphatic heterocycles. The van der Waals surface area contributed by atoms with Crippen LogP contribution in [0.5, 0.6) is 0 Å². The average molecular weight is 399 g/mol. The molecule has 4 aliphatic carbocycles. The molecule has 0 bridgehead atoms. The van der Waals surface area contributed by atoms with E-state index in [0.29, 0.717) is 28.6 Å². The van der Waals surface area contributed by atoms with Gasteiger partial charge in [0.25, 0.3) is 0 Å². The molecule has 4 rings (SSSR count). The molecule has 1 heteroatoms. The van der Waals surface area contributed by atoms with Crippen molar-refractivity contribution >= 4 is 0 Å². The van der Waals surface area contributed by atoms with Crippen molar-refractivity contribution in [3.05, 3.63) is 24.3 Å². The van der Waals surface area contributed by atoms with Crippen molar-refractivity contribution < 1.29 is 5.11 Å². The van der Waals surface area contributed by atoms with Crippen LogP contribution < -0.4 is 0 Å². The summed E-state index contributed by atoms with van der Waals surface area (Å²) in [6.45, 7) is 14.7. The van der Waals surface area contributed by atoms with Gasteiger partial charge in [0.1, 0.15) is 0 Å². The van der Waals surface area contributed by atoms with Gasteiger partial charge < -0.3 is 5.11 Å². The second-order valence-electron chi connectivity index (χ2n) is 12.3. The summed E-state index contributed by atoms with van der Waals surface area (Å²) in [6.07, 6.45) is 19.1. The molecule has 1 nitrogen and oxygen atoms in total. The molecule has 4 aliphatic rings. The Labute approximate surface area is 180 Å². The lowest BCUT2D eigenvalue weighted by atomic mass is 9.46. The highest BCUT2D eigenvalue weighted by Gasteiger charge is 2.59. The number of hydrogen-bond acceptors (Lipinski definition) is 1. The molecule has 3 saturated carbocycles. The quantitative estimate of drug-likeness (QED) is 0.494. The van der Waals surface area contributed by atoms with Gasteiger partial charge in [-0.05, 0) is 103 Å². The van der Waals surface area contributed by atoms with Crippen LogP contribution in [0, 0.1) is 58.2 Å². The number of allylic oxidation sites excluding steroid dienone is 4. The zero-order chi connectivity index (χ0) is 21.0. The largest absolute Gasteiger partial charge is 0.393 e. The molecular weight excluding hydrogens is 352 g/mol. The Morgan fingerprint density at radius 2 is 1.55 bits per heavy atom. The third-order valence-electron chi connectivity index (χ3n) is 10.6. The molecule has 0 radical (unpaired) electrons. The minimum absolute atomic E-state index is 0.0696. The third-order valence-corrected chi connectivity index (χ3v) is 10.6. The Morgan fingerprint density at radius 3 is 2.28 bits per heavy atom. The van der Waals surface area contributed by atoms with Crippen molar-refractivity contribution in [2.45, 2.75) is 92.6 Å². The molecule has 0 aromatic heterocycles. The number of aliphatic hydroxyl groups is 1. The fourth-order valence-corrected chi connectivity index (χ4v) is 8.21. The first-order chi connectivity index (χ1) is 13.7. The number of rotatable bonds is 4. The van der Waals surface area contributed by atoms with Gasteiger partial charge in [0.15, 0.2) is 0 Å². The summed E-state index contributed by atoms with van der Waals surface area (Å²) >= 11 is 0.